The summed E-state index contributed by atoms with van der Waals surface area (Å²) in [4.78, 5) is 13.8. The van der Waals surface area contributed by atoms with Gasteiger partial charge in [-0.25, -0.2) is 0 Å². The molecule has 3 rings (SSSR count). The van der Waals surface area contributed by atoms with Crippen molar-refractivity contribution in [2.75, 3.05) is 7.05 Å². The molecule has 22 heavy (non-hydrogen) atoms. The molecule has 0 radical (unpaired) electrons. The van der Waals surface area contributed by atoms with Crippen LogP contribution in [0, 0.1) is 5.92 Å². The van der Waals surface area contributed by atoms with Crippen LogP contribution in [0.25, 0.3) is 0 Å². The van der Waals surface area contributed by atoms with Crippen molar-refractivity contribution in [3.8, 4) is 0 Å². The van der Waals surface area contributed by atoms with E-state index in [9.17, 15) is 4.79 Å². The summed E-state index contributed by atoms with van der Waals surface area (Å²) in [7, 11) is 2.22. The predicted molar refractivity (Wildman–Crippen MR) is 90.0 cm³/mol. The Morgan fingerprint density at radius 2 is 1.73 bits per heavy atom. The molecule has 0 heterocycles. The molecular formula is C20H23NO. The largest absolute Gasteiger partial charge is 0.299 e. The molecule has 1 saturated carbocycles. The second kappa shape index (κ2) is 6.45. The lowest BCUT2D eigenvalue weighted by Crippen LogP contribution is -2.22. The Balaban J connectivity index is 1.52. The normalized spacial score (nSPS) is 20.1. The van der Waals surface area contributed by atoms with E-state index in [-0.39, 0.29) is 5.78 Å². The van der Waals surface area contributed by atoms with Gasteiger partial charge in [-0.2, -0.15) is 0 Å². The third-order valence-electron chi connectivity index (χ3n) is 4.58. The summed E-state index contributed by atoms with van der Waals surface area (Å²) in [5, 5.41) is 0. The fourth-order valence-electron chi connectivity index (χ4n) is 3.16. The molecule has 2 heteroatoms. The number of benzene rings is 2. The van der Waals surface area contributed by atoms with Crippen molar-refractivity contribution >= 4 is 5.78 Å². The number of carbonyl (C=O) groups excluding carboxylic acids is 1. The average Bonchev–Trinajstić information content (AvgIpc) is 3.28. The van der Waals surface area contributed by atoms with Gasteiger partial charge in [0, 0.05) is 18.2 Å². The maximum atomic E-state index is 11.3. The van der Waals surface area contributed by atoms with E-state index in [1.165, 1.54) is 17.5 Å². The van der Waals surface area contributed by atoms with Crippen LogP contribution in [0.5, 0.6) is 0 Å². The molecule has 0 saturated heterocycles. The van der Waals surface area contributed by atoms with Crippen LogP contribution in [0.2, 0.25) is 0 Å². The molecule has 2 atom stereocenters. The minimum Gasteiger partial charge on any atom is -0.299 e. The molecule has 0 amide bonds. The van der Waals surface area contributed by atoms with Crippen molar-refractivity contribution in [3.63, 3.8) is 0 Å². The number of ketones is 1. The van der Waals surface area contributed by atoms with Crippen molar-refractivity contribution in [3.05, 3.63) is 71.3 Å². The minimum atomic E-state index is 0.137. The Kier molecular flexibility index (Phi) is 4.39. The monoisotopic (exact) mass is 293 g/mol. The van der Waals surface area contributed by atoms with E-state index in [4.69, 9.17) is 0 Å². The summed E-state index contributed by atoms with van der Waals surface area (Å²) < 4.78 is 0. The Labute approximate surface area is 132 Å². The highest BCUT2D eigenvalue weighted by Crippen LogP contribution is 2.38. The summed E-state index contributed by atoms with van der Waals surface area (Å²) in [6, 6.07) is 19.4. The molecule has 0 spiro atoms. The average molecular weight is 293 g/mol. The molecule has 1 aliphatic rings. The molecule has 0 aromatic heterocycles. The lowest BCUT2D eigenvalue weighted by Gasteiger charge is -2.17. The van der Waals surface area contributed by atoms with Gasteiger partial charge in [-0.3, -0.25) is 9.69 Å². The smallest absolute Gasteiger partial charge is 0.159 e. The van der Waals surface area contributed by atoms with E-state index in [2.05, 4.69) is 54.4 Å². The van der Waals surface area contributed by atoms with E-state index in [1.807, 2.05) is 12.1 Å². The fourth-order valence-corrected chi connectivity index (χ4v) is 3.16. The minimum absolute atomic E-state index is 0.137. The number of Topliss-reactive ketones (excluding diaryl/α,β-unsaturated/α-hetero) is 1. The predicted octanol–water partition coefficient (Wildman–Crippen LogP) is 3.95. The summed E-state index contributed by atoms with van der Waals surface area (Å²) in [6.07, 6.45) is 2.39. The van der Waals surface area contributed by atoms with Crippen LogP contribution in [0.15, 0.2) is 54.6 Å². The van der Waals surface area contributed by atoms with Crippen molar-refractivity contribution in [2.24, 2.45) is 5.92 Å². The fraction of sp³-hybridized carbons (Fsp3) is 0.350. The standard InChI is InChI=1S/C20H23NO/c1-15(22)18-10-8-16(9-11-18)12-19-13-20(19)21(2)14-17-6-4-3-5-7-17/h3-11,19-20H,12-14H2,1-2H3. The molecule has 114 valence electrons. The first-order valence-electron chi connectivity index (χ1n) is 7.97. The number of nitrogens with zero attached hydrogens (tertiary/aromatic N) is 1. The van der Waals surface area contributed by atoms with Crippen molar-refractivity contribution in [2.45, 2.75) is 32.4 Å². The van der Waals surface area contributed by atoms with E-state index in [1.54, 1.807) is 6.92 Å². The van der Waals surface area contributed by atoms with Crippen LogP contribution in [0.1, 0.15) is 34.8 Å². The first kappa shape index (κ1) is 15.0. The summed E-state index contributed by atoms with van der Waals surface area (Å²) in [5.41, 5.74) is 3.52. The van der Waals surface area contributed by atoms with Gasteiger partial charge in [-0.15, -0.1) is 0 Å². The van der Waals surface area contributed by atoms with Gasteiger partial charge in [0.2, 0.25) is 0 Å². The van der Waals surface area contributed by atoms with Crippen LogP contribution in [-0.4, -0.2) is 23.8 Å². The Bertz CT molecular complexity index is 633. The molecule has 2 unspecified atom stereocenters. The topological polar surface area (TPSA) is 20.3 Å². The maximum absolute atomic E-state index is 11.3. The van der Waals surface area contributed by atoms with Gasteiger partial charge in [-0.1, -0.05) is 54.6 Å². The van der Waals surface area contributed by atoms with Gasteiger partial charge in [0.05, 0.1) is 0 Å². The highest BCUT2D eigenvalue weighted by Gasteiger charge is 2.39. The lowest BCUT2D eigenvalue weighted by molar-refractivity contribution is 0.101. The lowest BCUT2D eigenvalue weighted by atomic mass is 10.0. The second-order valence-corrected chi connectivity index (χ2v) is 6.42. The zero-order valence-corrected chi connectivity index (χ0v) is 13.3. The number of hydrogen-bond donors (Lipinski definition) is 0. The van der Waals surface area contributed by atoms with Crippen LogP contribution in [0.3, 0.4) is 0 Å². The highest BCUT2D eigenvalue weighted by atomic mass is 16.1. The first-order valence-corrected chi connectivity index (χ1v) is 7.97. The van der Waals surface area contributed by atoms with Crippen molar-refractivity contribution < 1.29 is 4.79 Å². The molecular weight excluding hydrogens is 270 g/mol. The summed E-state index contributed by atoms with van der Waals surface area (Å²) in [6.45, 7) is 2.63. The van der Waals surface area contributed by atoms with E-state index in [0.29, 0.717) is 6.04 Å². The maximum Gasteiger partial charge on any atom is 0.159 e. The summed E-state index contributed by atoms with van der Waals surface area (Å²) in [5.74, 6) is 0.885. The number of carbonyl (C=O) groups is 1. The highest BCUT2D eigenvalue weighted by molar-refractivity contribution is 5.93. The Morgan fingerprint density at radius 3 is 2.36 bits per heavy atom. The van der Waals surface area contributed by atoms with Crippen molar-refractivity contribution in [1.29, 1.82) is 0 Å². The van der Waals surface area contributed by atoms with E-state index < -0.39 is 0 Å². The van der Waals surface area contributed by atoms with Gasteiger partial charge in [0.15, 0.2) is 5.78 Å². The Hall–Kier alpha value is -1.93. The van der Waals surface area contributed by atoms with E-state index in [0.717, 1.165) is 24.4 Å². The van der Waals surface area contributed by atoms with Gasteiger partial charge in [0.25, 0.3) is 0 Å². The molecule has 0 aliphatic heterocycles. The van der Waals surface area contributed by atoms with Crippen LogP contribution < -0.4 is 0 Å². The zero-order valence-electron chi connectivity index (χ0n) is 13.3. The van der Waals surface area contributed by atoms with Crippen molar-refractivity contribution in [1.82, 2.24) is 4.90 Å². The van der Waals surface area contributed by atoms with Gasteiger partial charge in [-0.05, 0) is 43.9 Å². The second-order valence-electron chi connectivity index (χ2n) is 6.42. The SMILES string of the molecule is CC(=O)c1ccc(CC2CC2N(C)Cc2ccccc2)cc1. The third kappa shape index (κ3) is 3.63. The molecule has 2 aromatic rings. The van der Waals surface area contributed by atoms with E-state index >= 15 is 0 Å². The molecule has 2 nitrogen and oxygen atoms in total. The molecule has 1 aliphatic carbocycles. The summed E-state index contributed by atoms with van der Waals surface area (Å²) >= 11 is 0. The Morgan fingerprint density at radius 1 is 1.05 bits per heavy atom. The van der Waals surface area contributed by atoms with Gasteiger partial charge >= 0.3 is 0 Å². The zero-order chi connectivity index (χ0) is 15.5. The first-order chi connectivity index (χ1) is 10.6. The number of hydrogen-bond acceptors (Lipinski definition) is 2. The quantitative estimate of drug-likeness (QED) is 0.752. The van der Waals surface area contributed by atoms with Gasteiger partial charge in [0.1, 0.15) is 0 Å². The molecule has 0 N–H and O–H groups in total. The third-order valence-corrected chi connectivity index (χ3v) is 4.58. The van der Waals surface area contributed by atoms with Crippen LogP contribution >= 0.6 is 0 Å². The molecule has 2 aromatic carbocycles. The van der Waals surface area contributed by atoms with Gasteiger partial charge < -0.3 is 0 Å². The number of rotatable bonds is 6. The van der Waals surface area contributed by atoms with Crippen LogP contribution in [-0.2, 0) is 13.0 Å². The van der Waals surface area contributed by atoms with Crippen LogP contribution in [0.4, 0.5) is 0 Å². The molecule has 1 fully saturated rings. The molecule has 0 bridgehead atoms.